The van der Waals surface area contributed by atoms with Crippen LogP contribution in [0.5, 0.6) is 5.75 Å². The number of rotatable bonds is 5. The lowest BCUT2D eigenvalue weighted by Gasteiger charge is -2.19. The quantitative estimate of drug-likeness (QED) is 0.651. The number of pyridine rings is 1. The summed E-state index contributed by atoms with van der Waals surface area (Å²) in [5, 5.41) is 0.637. The summed E-state index contributed by atoms with van der Waals surface area (Å²) in [5.41, 5.74) is 4.88. The Labute approximate surface area is 117 Å². The molecule has 100 valence electrons. The number of nitrogens with two attached hydrogens (primary N) is 1. The standard InChI is InChI=1S/C14H16ClN3O/c1-19-14-8-11(15)4-5-12(14)13(18-16)7-10-3-2-6-17-9-10/h2-6,8-9,13,18H,7,16H2,1H3. The smallest absolute Gasteiger partial charge is 0.125 e. The fourth-order valence-corrected chi connectivity index (χ4v) is 2.15. The van der Waals surface area contributed by atoms with E-state index in [2.05, 4.69) is 10.4 Å². The third kappa shape index (κ3) is 3.44. The van der Waals surface area contributed by atoms with Crippen molar-refractivity contribution in [3.8, 4) is 5.75 Å². The van der Waals surface area contributed by atoms with E-state index in [9.17, 15) is 0 Å². The normalized spacial score (nSPS) is 12.2. The molecule has 19 heavy (non-hydrogen) atoms. The van der Waals surface area contributed by atoms with Crippen LogP contribution in [0, 0.1) is 0 Å². The van der Waals surface area contributed by atoms with Crippen LogP contribution >= 0.6 is 11.6 Å². The molecule has 4 nitrogen and oxygen atoms in total. The van der Waals surface area contributed by atoms with Crippen molar-refractivity contribution in [1.29, 1.82) is 0 Å². The molecule has 3 N–H and O–H groups in total. The van der Waals surface area contributed by atoms with Crippen LogP contribution in [0.25, 0.3) is 0 Å². The Morgan fingerprint density at radius 2 is 2.26 bits per heavy atom. The van der Waals surface area contributed by atoms with Crippen LogP contribution in [0.15, 0.2) is 42.7 Å². The molecule has 1 aromatic heterocycles. The molecule has 0 saturated heterocycles. The van der Waals surface area contributed by atoms with E-state index >= 15 is 0 Å². The summed E-state index contributed by atoms with van der Waals surface area (Å²) in [6.45, 7) is 0. The zero-order valence-electron chi connectivity index (χ0n) is 10.6. The van der Waals surface area contributed by atoms with Gasteiger partial charge in [-0.25, -0.2) is 0 Å². The van der Waals surface area contributed by atoms with Crippen LogP contribution in [0.2, 0.25) is 5.02 Å². The van der Waals surface area contributed by atoms with Crippen LogP contribution in [-0.4, -0.2) is 12.1 Å². The van der Waals surface area contributed by atoms with E-state index in [1.54, 1.807) is 19.4 Å². The summed E-state index contributed by atoms with van der Waals surface area (Å²) in [4.78, 5) is 4.10. The average Bonchev–Trinajstić information content (AvgIpc) is 2.46. The molecule has 2 rings (SSSR count). The first-order chi connectivity index (χ1) is 9.24. The SMILES string of the molecule is COc1cc(Cl)ccc1C(Cc1cccnc1)NN. The molecular weight excluding hydrogens is 262 g/mol. The minimum Gasteiger partial charge on any atom is -0.496 e. The summed E-state index contributed by atoms with van der Waals surface area (Å²) in [6.07, 6.45) is 4.30. The maximum Gasteiger partial charge on any atom is 0.125 e. The summed E-state index contributed by atoms with van der Waals surface area (Å²) < 4.78 is 5.35. The molecule has 0 amide bonds. The second-order valence-electron chi connectivity index (χ2n) is 4.17. The fourth-order valence-electron chi connectivity index (χ4n) is 1.99. The maximum absolute atomic E-state index is 5.96. The van der Waals surface area contributed by atoms with Crippen molar-refractivity contribution in [3.63, 3.8) is 0 Å². The van der Waals surface area contributed by atoms with Gasteiger partial charge in [0.25, 0.3) is 0 Å². The Balaban J connectivity index is 2.27. The van der Waals surface area contributed by atoms with Crippen molar-refractivity contribution in [2.75, 3.05) is 7.11 Å². The van der Waals surface area contributed by atoms with Gasteiger partial charge in [-0.1, -0.05) is 23.7 Å². The first-order valence-corrected chi connectivity index (χ1v) is 6.31. The highest BCUT2D eigenvalue weighted by atomic mass is 35.5. The predicted molar refractivity (Wildman–Crippen MR) is 76.0 cm³/mol. The molecule has 0 aliphatic heterocycles. The number of ether oxygens (including phenoxy) is 1. The molecule has 1 heterocycles. The Bertz CT molecular complexity index is 533. The van der Waals surface area contributed by atoms with Crippen LogP contribution in [0.1, 0.15) is 17.2 Å². The second-order valence-corrected chi connectivity index (χ2v) is 4.61. The van der Waals surface area contributed by atoms with Crippen LogP contribution < -0.4 is 16.0 Å². The van der Waals surface area contributed by atoms with Crippen LogP contribution in [0.4, 0.5) is 0 Å². The van der Waals surface area contributed by atoms with Crippen molar-refractivity contribution in [1.82, 2.24) is 10.4 Å². The van der Waals surface area contributed by atoms with E-state index < -0.39 is 0 Å². The highest BCUT2D eigenvalue weighted by Gasteiger charge is 2.15. The number of nitrogens with one attached hydrogen (secondary N) is 1. The Morgan fingerprint density at radius 1 is 1.42 bits per heavy atom. The van der Waals surface area contributed by atoms with E-state index in [-0.39, 0.29) is 6.04 Å². The summed E-state index contributed by atoms with van der Waals surface area (Å²) in [6, 6.07) is 9.39. The van der Waals surface area contributed by atoms with E-state index in [1.165, 1.54) is 0 Å². The van der Waals surface area contributed by atoms with Crippen molar-refractivity contribution in [3.05, 3.63) is 58.9 Å². The van der Waals surface area contributed by atoms with Crippen molar-refractivity contribution < 1.29 is 4.74 Å². The number of hydrogen-bond donors (Lipinski definition) is 2. The maximum atomic E-state index is 5.96. The molecule has 0 aliphatic rings. The molecule has 1 unspecified atom stereocenters. The van der Waals surface area contributed by atoms with Gasteiger partial charge in [-0.05, 0) is 30.2 Å². The molecule has 5 heteroatoms. The number of aromatic nitrogens is 1. The number of halogens is 1. The number of nitrogens with zero attached hydrogens (tertiary/aromatic N) is 1. The van der Waals surface area contributed by atoms with Gasteiger partial charge in [0, 0.05) is 23.0 Å². The van der Waals surface area contributed by atoms with Crippen LogP contribution in [0.3, 0.4) is 0 Å². The van der Waals surface area contributed by atoms with Crippen molar-refractivity contribution in [2.24, 2.45) is 5.84 Å². The molecule has 0 saturated carbocycles. The molecular formula is C14H16ClN3O. The third-order valence-corrected chi connectivity index (χ3v) is 3.17. The van der Waals surface area contributed by atoms with Gasteiger partial charge >= 0.3 is 0 Å². The van der Waals surface area contributed by atoms with Gasteiger partial charge < -0.3 is 4.74 Å². The summed E-state index contributed by atoms with van der Waals surface area (Å²) >= 11 is 5.96. The molecule has 0 aliphatic carbocycles. The number of hydrazine groups is 1. The topological polar surface area (TPSA) is 60.2 Å². The molecule has 1 atom stereocenters. The molecule has 0 bridgehead atoms. The number of hydrogen-bond acceptors (Lipinski definition) is 4. The number of benzene rings is 1. The van der Waals surface area contributed by atoms with E-state index in [1.807, 2.05) is 30.5 Å². The lowest BCUT2D eigenvalue weighted by Crippen LogP contribution is -2.30. The molecule has 1 aromatic carbocycles. The molecule has 0 spiro atoms. The lowest BCUT2D eigenvalue weighted by molar-refractivity contribution is 0.399. The first kappa shape index (κ1) is 13.8. The first-order valence-electron chi connectivity index (χ1n) is 5.93. The predicted octanol–water partition coefficient (Wildman–Crippen LogP) is 2.49. The van der Waals surface area contributed by atoms with E-state index in [4.69, 9.17) is 22.2 Å². The fraction of sp³-hybridized carbons (Fsp3) is 0.214. The van der Waals surface area contributed by atoms with Crippen molar-refractivity contribution in [2.45, 2.75) is 12.5 Å². The summed E-state index contributed by atoms with van der Waals surface area (Å²) in [5.74, 6) is 6.38. The largest absolute Gasteiger partial charge is 0.496 e. The lowest BCUT2D eigenvalue weighted by atomic mass is 9.99. The molecule has 2 aromatic rings. The van der Waals surface area contributed by atoms with Gasteiger partial charge in [0.15, 0.2) is 0 Å². The number of methoxy groups -OCH3 is 1. The molecule has 0 radical (unpaired) electrons. The van der Waals surface area contributed by atoms with Gasteiger partial charge in [0.1, 0.15) is 5.75 Å². The van der Waals surface area contributed by atoms with Gasteiger partial charge in [0.05, 0.1) is 13.2 Å². The molecule has 0 fully saturated rings. The van der Waals surface area contributed by atoms with E-state index in [0.717, 1.165) is 23.3 Å². The Hall–Kier alpha value is -1.62. The Kier molecular flexibility index (Phi) is 4.74. The second kappa shape index (κ2) is 6.52. The third-order valence-electron chi connectivity index (χ3n) is 2.93. The zero-order valence-corrected chi connectivity index (χ0v) is 11.4. The van der Waals surface area contributed by atoms with E-state index in [0.29, 0.717) is 5.02 Å². The summed E-state index contributed by atoms with van der Waals surface area (Å²) in [7, 11) is 1.62. The van der Waals surface area contributed by atoms with Crippen LogP contribution in [-0.2, 0) is 6.42 Å². The average molecular weight is 278 g/mol. The minimum atomic E-state index is -0.0589. The highest BCUT2D eigenvalue weighted by Crippen LogP contribution is 2.29. The monoisotopic (exact) mass is 277 g/mol. The zero-order chi connectivity index (χ0) is 13.7. The minimum absolute atomic E-state index is 0.0589. The van der Waals surface area contributed by atoms with Gasteiger partial charge in [0.2, 0.25) is 0 Å². The Morgan fingerprint density at radius 3 is 2.89 bits per heavy atom. The van der Waals surface area contributed by atoms with Gasteiger partial charge in [-0.2, -0.15) is 0 Å². The van der Waals surface area contributed by atoms with Gasteiger partial charge in [-0.15, -0.1) is 0 Å². The van der Waals surface area contributed by atoms with Crippen molar-refractivity contribution >= 4 is 11.6 Å². The van der Waals surface area contributed by atoms with Gasteiger partial charge in [-0.3, -0.25) is 16.3 Å². The highest BCUT2D eigenvalue weighted by molar-refractivity contribution is 6.30.